The Bertz CT molecular complexity index is 638. The normalized spacial score (nSPS) is 8.82. The second-order valence-electron chi connectivity index (χ2n) is 3.90. The van der Waals surface area contributed by atoms with Gasteiger partial charge in [0.25, 0.3) is 0 Å². The number of hydrogen-bond donors (Lipinski definition) is 4. The van der Waals surface area contributed by atoms with E-state index in [-0.39, 0.29) is 18.7 Å². The van der Waals surface area contributed by atoms with Gasteiger partial charge in [-0.3, -0.25) is 10.2 Å². The van der Waals surface area contributed by atoms with Gasteiger partial charge in [-0.1, -0.05) is 0 Å². The van der Waals surface area contributed by atoms with Crippen molar-refractivity contribution in [2.24, 2.45) is 5.10 Å². The maximum absolute atomic E-state index is 11.4. The Balaban J connectivity index is 2.50. The van der Waals surface area contributed by atoms with Crippen LogP contribution in [0.3, 0.4) is 0 Å². The highest BCUT2D eigenvalue weighted by Gasteiger charge is 2.03. The lowest BCUT2D eigenvalue weighted by Gasteiger charge is -2.07. The summed E-state index contributed by atoms with van der Waals surface area (Å²) in [6.07, 6.45) is -0.158. The number of amides is 2. The number of nitriles is 2. The van der Waals surface area contributed by atoms with Crippen molar-refractivity contribution in [3.63, 3.8) is 0 Å². The number of benzene rings is 1. The van der Waals surface area contributed by atoms with Gasteiger partial charge in [0.05, 0.1) is 12.1 Å². The van der Waals surface area contributed by atoms with Crippen LogP contribution < -0.4 is 16.1 Å². The molecule has 0 bridgehead atoms. The summed E-state index contributed by atoms with van der Waals surface area (Å²) in [7, 11) is 0. The molecule has 0 spiro atoms. The van der Waals surface area contributed by atoms with E-state index in [9.17, 15) is 9.59 Å². The second kappa shape index (κ2) is 8.55. The van der Waals surface area contributed by atoms with Crippen molar-refractivity contribution in [3.05, 3.63) is 24.3 Å². The summed E-state index contributed by atoms with van der Waals surface area (Å²) < 4.78 is 0. The molecule has 0 aliphatic rings. The highest BCUT2D eigenvalue weighted by molar-refractivity contribution is 6.10. The summed E-state index contributed by atoms with van der Waals surface area (Å²) in [6.45, 7) is 0.0284. The van der Waals surface area contributed by atoms with Crippen LogP contribution in [0.2, 0.25) is 0 Å². The summed E-state index contributed by atoms with van der Waals surface area (Å²) in [6, 6.07) is 9.02. The molecule has 9 heteroatoms. The number of rotatable bonds is 6. The number of carbonyl (C=O) groups excluding carboxylic acids is 1. The van der Waals surface area contributed by atoms with Gasteiger partial charge in [0.1, 0.15) is 12.1 Å². The summed E-state index contributed by atoms with van der Waals surface area (Å²) in [5.41, 5.74) is 3.23. The van der Waals surface area contributed by atoms with Gasteiger partial charge in [0, 0.05) is 12.2 Å². The third-order valence-electron chi connectivity index (χ3n) is 2.28. The van der Waals surface area contributed by atoms with Gasteiger partial charge in [0.2, 0.25) is 5.71 Å². The van der Waals surface area contributed by atoms with Crippen LogP contribution in [0.15, 0.2) is 29.4 Å². The van der Waals surface area contributed by atoms with E-state index >= 15 is 0 Å². The first-order valence-electron chi connectivity index (χ1n) is 6.05. The van der Waals surface area contributed by atoms with E-state index in [0.717, 1.165) is 0 Å². The Labute approximate surface area is 125 Å². The lowest BCUT2D eigenvalue weighted by atomic mass is 10.3. The highest BCUT2D eigenvalue weighted by Crippen LogP contribution is 2.13. The number of aliphatic carboxylic acids is 1. The molecule has 0 aromatic heterocycles. The molecule has 1 aromatic carbocycles. The zero-order chi connectivity index (χ0) is 16.4. The summed E-state index contributed by atoms with van der Waals surface area (Å²) >= 11 is 0. The van der Waals surface area contributed by atoms with Gasteiger partial charge in [-0.2, -0.15) is 15.6 Å². The molecule has 9 nitrogen and oxygen atoms in total. The van der Waals surface area contributed by atoms with E-state index in [1.165, 1.54) is 0 Å². The molecule has 0 heterocycles. The number of carbonyl (C=O) groups is 2. The lowest BCUT2D eigenvalue weighted by molar-refractivity contribution is -0.136. The molecule has 0 saturated carbocycles. The van der Waals surface area contributed by atoms with E-state index in [1.807, 2.05) is 0 Å². The molecule has 0 unspecified atom stereocenters. The molecule has 22 heavy (non-hydrogen) atoms. The first-order chi connectivity index (χ1) is 10.5. The van der Waals surface area contributed by atoms with Crippen molar-refractivity contribution in [2.75, 3.05) is 17.3 Å². The molecule has 0 aliphatic carbocycles. The first-order valence-corrected chi connectivity index (χ1v) is 6.05. The smallest absolute Gasteiger partial charge is 0.319 e. The third kappa shape index (κ3) is 6.04. The predicted octanol–water partition coefficient (Wildman–Crippen LogP) is 1.10. The number of carboxylic acid groups (broad SMARTS) is 1. The molecule has 4 N–H and O–H groups in total. The van der Waals surface area contributed by atoms with Gasteiger partial charge in [-0.25, -0.2) is 4.79 Å². The first kappa shape index (κ1) is 16.5. The summed E-state index contributed by atoms with van der Waals surface area (Å²) in [5, 5.41) is 34.0. The average molecular weight is 300 g/mol. The van der Waals surface area contributed by atoms with E-state index in [0.29, 0.717) is 11.4 Å². The number of nitrogens with one attached hydrogen (secondary N) is 3. The quantitative estimate of drug-likeness (QED) is 0.456. The van der Waals surface area contributed by atoms with Crippen molar-refractivity contribution in [2.45, 2.75) is 6.42 Å². The SMILES string of the molecule is N#CC(C#N)=NNc1ccc(NC(=O)NCCC(=O)O)cc1. The molecule has 0 fully saturated rings. The van der Waals surface area contributed by atoms with Gasteiger partial charge in [-0.05, 0) is 24.3 Å². The Morgan fingerprint density at radius 2 is 1.73 bits per heavy atom. The fraction of sp³-hybridized carbons (Fsp3) is 0.154. The largest absolute Gasteiger partial charge is 0.481 e. The molecule has 1 aromatic rings. The number of urea groups is 1. The standard InChI is InChI=1S/C13H12N6O3/c14-7-11(8-15)19-18-10-3-1-9(2-4-10)17-13(22)16-6-5-12(20)21/h1-4,18H,5-6H2,(H,20,21)(H2,16,17,22). The van der Waals surface area contributed by atoms with Crippen LogP contribution >= 0.6 is 0 Å². The van der Waals surface area contributed by atoms with Crippen LogP contribution in [0.4, 0.5) is 16.2 Å². The summed E-state index contributed by atoms with van der Waals surface area (Å²) in [5.74, 6) is -0.995. The van der Waals surface area contributed by atoms with Crippen LogP contribution in [0.1, 0.15) is 6.42 Å². The molecule has 0 radical (unpaired) electrons. The van der Waals surface area contributed by atoms with Crippen LogP contribution in [0.25, 0.3) is 0 Å². The van der Waals surface area contributed by atoms with E-state index in [4.69, 9.17) is 15.6 Å². The second-order valence-corrected chi connectivity index (χ2v) is 3.90. The monoisotopic (exact) mass is 300 g/mol. The molecular formula is C13H12N6O3. The topological polar surface area (TPSA) is 150 Å². The zero-order valence-electron chi connectivity index (χ0n) is 11.3. The van der Waals surface area contributed by atoms with Crippen LogP contribution in [0, 0.1) is 22.7 Å². The van der Waals surface area contributed by atoms with Crippen LogP contribution in [0.5, 0.6) is 0 Å². The van der Waals surface area contributed by atoms with Gasteiger partial charge in [0.15, 0.2) is 0 Å². The third-order valence-corrected chi connectivity index (χ3v) is 2.28. The Morgan fingerprint density at radius 1 is 1.14 bits per heavy atom. The highest BCUT2D eigenvalue weighted by atomic mass is 16.4. The average Bonchev–Trinajstić information content (AvgIpc) is 2.49. The van der Waals surface area contributed by atoms with Gasteiger partial charge < -0.3 is 15.7 Å². The molecule has 112 valence electrons. The maximum atomic E-state index is 11.4. The maximum Gasteiger partial charge on any atom is 0.319 e. The van der Waals surface area contributed by atoms with Crippen molar-refractivity contribution in [1.29, 1.82) is 10.5 Å². The fourth-order valence-corrected chi connectivity index (χ4v) is 1.28. The van der Waals surface area contributed by atoms with Crippen LogP contribution in [-0.2, 0) is 4.79 Å². The predicted molar refractivity (Wildman–Crippen MR) is 78.0 cm³/mol. The van der Waals surface area contributed by atoms with Crippen LogP contribution in [-0.4, -0.2) is 29.4 Å². The molecule has 0 atom stereocenters. The van der Waals surface area contributed by atoms with E-state index in [1.54, 1.807) is 36.4 Å². The van der Waals surface area contributed by atoms with E-state index in [2.05, 4.69) is 21.2 Å². The molecular weight excluding hydrogens is 288 g/mol. The number of carboxylic acids is 1. The van der Waals surface area contributed by atoms with Crippen molar-refractivity contribution in [3.8, 4) is 12.1 Å². The number of hydrazone groups is 1. The fourth-order valence-electron chi connectivity index (χ4n) is 1.28. The molecule has 0 saturated heterocycles. The number of nitrogens with zero attached hydrogens (tertiary/aromatic N) is 3. The van der Waals surface area contributed by atoms with Crippen molar-refractivity contribution >= 4 is 29.1 Å². The van der Waals surface area contributed by atoms with Gasteiger partial charge >= 0.3 is 12.0 Å². The minimum absolute atomic E-state index is 0.0284. The molecule has 2 amide bonds. The zero-order valence-corrected chi connectivity index (χ0v) is 11.3. The molecule has 0 aliphatic heterocycles. The Morgan fingerprint density at radius 3 is 2.27 bits per heavy atom. The number of hydrogen-bond acceptors (Lipinski definition) is 6. The minimum atomic E-state index is -0.995. The van der Waals surface area contributed by atoms with Crippen molar-refractivity contribution < 1.29 is 14.7 Å². The molecule has 1 rings (SSSR count). The van der Waals surface area contributed by atoms with E-state index < -0.39 is 12.0 Å². The Hall–Kier alpha value is -3.59. The lowest BCUT2D eigenvalue weighted by Crippen LogP contribution is -2.30. The Kier molecular flexibility index (Phi) is 6.40. The van der Waals surface area contributed by atoms with Crippen molar-refractivity contribution in [1.82, 2.24) is 5.32 Å². The number of anilines is 2. The minimum Gasteiger partial charge on any atom is -0.481 e. The van der Waals surface area contributed by atoms with Gasteiger partial charge in [-0.15, -0.1) is 0 Å². The summed E-state index contributed by atoms with van der Waals surface area (Å²) in [4.78, 5) is 21.7.